The molecule has 4 nitrogen and oxygen atoms in total. The highest BCUT2D eigenvalue weighted by atomic mass is 16.5. The molecule has 0 aliphatic heterocycles. The van der Waals surface area contributed by atoms with Gasteiger partial charge in [-0.1, -0.05) is 32.1 Å². The van der Waals surface area contributed by atoms with Gasteiger partial charge in [0.1, 0.15) is 5.75 Å². The SMILES string of the molecule is C=CCNC(=NC)NCC(C)(C)c1cccc(OC)c1. The molecule has 0 aliphatic rings. The largest absolute Gasteiger partial charge is 0.497 e. The first kappa shape index (κ1) is 16.1. The van der Waals surface area contributed by atoms with Crippen LogP contribution in [0.4, 0.5) is 0 Å². The number of rotatable bonds is 6. The van der Waals surface area contributed by atoms with Crippen molar-refractivity contribution in [3.8, 4) is 5.75 Å². The molecule has 0 saturated carbocycles. The zero-order valence-electron chi connectivity index (χ0n) is 12.9. The minimum Gasteiger partial charge on any atom is -0.497 e. The van der Waals surface area contributed by atoms with Crippen LogP contribution in [0.15, 0.2) is 41.9 Å². The normalized spacial score (nSPS) is 11.9. The highest BCUT2D eigenvalue weighted by molar-refractivity contribution is 5.79. The summed E-state index contributed by atoms with van der Waals surface area (Å²) in [5.74, 6) is 1.66. The zero-order valence-corrected chi connectivity index (χ0v) is 12.9. The maximum Gasteiger partial charge on any atom is 0.191 e. The lowest BCUT2D eigenvalue weighted by molar-refractivity contribution is 0.411. The second-order valence-corrected chi connectivity index (χ2v) is 5.21. The second kappa shape index (κ2) is 7.58. The number of benzene rings is 1. The highest BCUT2D eigenvalue weighted by Gasteiger charge is 2.21. The molecule has 0 radical (unpaired) electrons. The van der Waals surface area contributed by atoms with Crippen LogP contribution in [-0.4, -0.2) is 33.2 Å². The van der Waals surface area contributed by atoms with E-state index in [1.54, 1.807) is 20.2 Å². The second-order valence-electron chi connectivity index (χ2n) is 5.21. The van der Waals surface area contributed by atoms with Gasteiger partial charge in [-0.3, -0.25) is 4.99 Å². The van der Waals surface area contributed by atoms with Crippen molar-refractivity contribution in [1.82, 2.24) is 10.6 Å². The van der Waals surface area contributed by atoms with Gasteiger partial charge < -0.3 is 15.4 Å². The van der Waals surface area contributed by atoms with Crippen molar-refractivity contribution < 1.29 is 4.74 Å². The van der Waals surface area contributed by atoms with E-state index in [0.29, 0.717) is 6.54 Å². The van der Waals surface area contributed by atoms with Gasteiger partial charge in [-0.05, 0) is 17.7 Å². The first-order valence-corrected chi connectivity index (χ1v) is 6.73. The molecule has 1 aromatic carbocycles. The molecule has 0 saturated heterocycles. The summed E-state index contributed by atoms with van der Waals surface area (Å²) in [7, 11) is 3.45. The fraction of sp³-hybridized carbons (Fsp3) is 0.438. The van der Waals surface area contributed by atoms with Crippen LogP contribution >= 0.6 is 0 Å². The van der Waals surface area contributed by atoms with Crippen molar-refractivity contribution in [2.75, 3.05) is 27.2 Å². The van der Waals surface area contributed by atoms with Crippen LogP contribution in [0.25, 0.3) is 0 Å². The Hall–Kier alpha value is -1.97. The minimum absolute atomic E-state index is 0.0274. The predicted molar refractivity (Wildman–Crippen MR) is 85.6 cm³/mol. The molecule has 0 heterocycles. The van der Waals surface area contributed by atoms with E-state index in [-0.39, 0.29) is 5.41 Å². The molecule has 110 valence electrons. The number of ether oxygens (including phenoxy) is 1. The Labute approximate surface area is 121 Å². The van der Waals surface area contributed by atoms with Crippen molar-refractivity contribution in [3.63, 3.8) is 0 Å². The van der Waals surface area contributed by atoms with Crippen molar-refractivity contribution in [2.24, 2.45) is 4.99 Å². The molecule has 0 aromatic heterocycles. The predicted octanol–water partition coefficient (Wildman–Crippen LogP) is 2.32. The van der Waals surface area contributed by atoms with Crippen LogP contribution in [0.3, 0.4) is 0 Å². The van der Waals surface area contributed by atoms with E-state index in [4.69, 9.17) is 4.74 Å². The highest BCUT2D eigenvalue weighted by Crippen LogP contribution is 2.25. The number of guanidine groups is 1. The maximum atomic E-state index is 5.28. The third-order valence-corrected chi connectivity index (χ3v) is 3.19. The van der Waals surface area contributed by atoms with Crippen LogP contribution in [0, 0.1) is 0 Å². The number of nitrogens with zero attached hydrogens (tertiary/aromatic N) is 1. The van der Waals surface area contributed by atoms with Crippen LogP contribution in [0.2, 0.25) is 0 Å². The lowest BCUT2D eigenvalue weighted by atomic mass is 9.84. The van der Waals surface area contributed by atoms with E-state index < -0.39 is 0 Å². The summed E-state index contributed by atoms with van der Waals surface area (Å²) in [4.78, 5) is 4.18. The molecule has 2 N–H and O–H groups in total. The molecule has 20 heavy (non-hydrogen) atoms. The van der Waals surface area contributed by atoms with Gasteiger partial charge in [0.05, 0.1) is 7.11 Å². The third-order valence-electron chi connectivity index (χ3n) is 3.19. The van der Waals surface area contributed by atoms with E-state index >= 15 is 0 Å². The van der Waals surface area contributed by atoms with Crippen molar-refractivity contribution >= 4 is 5.96 Å². The molecular weight excluding hydrogens is 250 g/mol. The summed E-state index contributed by atoms with van der Waals surface area (Å²) in [6.45, 7) is 9.53. The Morgan fingerprint density at radius 2 is 2.15 bits per heavy atom. The number of aliphatic imine (C=N–C) groups is 1. The summed E-state index contributed by atoms with van der Waals surface area (Å²) in [5.41, 5.74) is 1.20. The number of methoxy groups -OCH3 is 1. The summed E-state index contributed by atoms with van der Waals surface area (Å²) < 4.78 is 5.28. The molecule has 4 heteroatoms. The fourth-order valence-electron chi connectivity index (χ4n) is 1.84. The fourth-order valence-corrected chi connectivity index (χ4v) is 1.84. The van der Waals surface area contributed by atoms with Gasteiger partial charge >= 0.3 is 0 Å². The van der Waals surface area contributed by atoms with Gasteiger partial charge in [0.2, 0.25) is 0 Å². The van der Waals surface area contributed by atoms with Gasteiger partial charge in [0.25, 0.3) is 0 Å². The van der Waals surface area contributed by atoms with Gasteiger partial charge in [0, 0.05) is 25.6 Å². The Morgan fingerprint density at radius 1 is 1.40 bits per heavy atom. The maximum absolute atomic E-state index is 5.28. The quantitative estimate of drug-likeness (QED) is 0.476. The molecule has 0 amide bonds. The number of hydrogen-bond acceptors (Lipinski definition) is 2. The molecule has 1 aromatic rings. The average molecular weight is 275 g/mol. The van der Waals surface area contributed by atoms with Crippen molar-refractivity contribution in [1.29, 1.82) is 0 Å². The Balaban J connectivity index is 2.70. The van der Waals surface area contributed by atoms with Crippen LogP contribution in [-0.2, 0) is 5.41 Å². The van der Waals surface area contributed by atoms with Gasteiger partial charge in [-0.15, -0.1) is 6.58 Å². The lowest BCUT2D eigenvalue weighted by Crippen LogP contribution is -2.43. The molecule has 0 aliphatic carbocycles. The Morgan fingerprint density at radius 3 is 2.75 bits per heavy atom. The molecule has 0 bridgehead atoms. The Bertz CT molecular complexity index is 467. The Kier molecular flexibility index (Phi) is 6.10. The first-order valence-electron chi connectivity index (χ1n) is 6.73. The molecular formula is C16H25N3O. The summed E-state index contributed by atoms with van der Waals surface area (Å²) >= 11 is 0. The van der Waals surface area contributed by atoms with Crippen molar-refractivity contribution in [3.05, 3.63) is 42.5 Å². The van der Waals surface area contributed by atoms with Crippen LogP contribution in [0.1, 0.15) is 19.4 Å². The van der Waals surface area contributed by atoms with Gasteiger partial charge in [-0.25, -0.2) is 0 Å². The van der Waals surface area contributed by atoms with E-state index in [0.717, 1.165) is 18.3 Å². The van der Waals surface area contributed by atoms with Gasteiger partial charge in [0.15, 0.2) is 5.96 Å². The third kappa shape index (κ3) is 4.61. The van der Waals surface area contributed by atoms with Crippen molar-refractivity contribution in [2.45, 2.75) is 19.3 Å². The molecule has 0 spiro atoms. The van der Waals surface area contributed by atoms with E-state index in [1.165, 1.54) is 5.56 Å². The number of nitrogens with one attached hydrogen (secondary N) is 2. The van der Waals surface area contributed by atoms with E-state index in [2.05, 4.69) is 48.2 Å². The smallest absolute Gasteiger partial charge is 0.191 e. The summed E-state index contributed by atoms with van der Waals surface area (Å²) in [5, 5.41) is 6.49. The molecule has 0 fully saturated rings. The molecule has 1 rings (SSSR count). The monoisotopic (exact) mass is 275 g/mol. The molecule has 0 unspecified atom stereocenters. The standard InChI is InChI=1S/C16H25N3O/c1-6-10-18-15(17-4)19-12-16(2,3)13-8-7-9-14(11-13)20-5/h6-9,11H,1,10,12H2,2-5H3,(H2,17,18,19). The van der Waals surface area contributed by atoms with E-state index in [9.17, 15) is 0 Å². The average Bonchev–Trinajstić information content (AvgIpc) is 2.47. The zero-order chi connectivity index (χ0) is 15.0. The topological polar surface area (TPSA) is 45.7 Å². The van der Waals surface area contributed by atoms with Crippen LogP contribution < -0.4 is 15.4 Å². The van der Waals surface area contributed by atoms with Crippen LogP contribution in [0.5, 0.6) is 5.75 Å². The minimum atomic E-state index is -0.0274. The number of hydrogen-bond donors (Lipinski definition) is 2. The summed E-state index contributed by atoms with van der Waals surface area (Å²) in [6.07, 6.45) is 1.81. The van der Waals surface area contributed by atoms with E-state index in [1.807, 2.05) is 12.1 Å². The van der Waals surface area contributed by atoms with Gasteiger partial charge in [-0.2, -0.15) is 0 Å². The summed E-state index contributed by atoms with van der Waals surface area (Å²) in [6, 6.07) is 8.16. The first-order chi connectivity index (χ1) is 9.53. The molecule has 0 atom stereocenters. The lowest BCUT2D eigenvalue weighted by Gasteiger charge is -2.27.